The summed E-state index contributed by atoms with van der Waals surface area (Å²) < 4.78 is 40.2. The molecular weight excluding hydrogens is 283 g/mol. The van der Waals surface area contributed by atoms with Crippen LogP contribution < -0.4 is 5.73 Å². The van der Waals surface area contributed by atoms with Crippen LogP contribution in [0.4, 0.5) is 13.2 Å². The van der Waals surface area contributed by atoms with E-state index in [1.807, 2.05) is 0 Å². The molecule has 20 heavy (non-hydrogen) atoms. The van der Waals surface area contributed by atoms with E-state index in [1.54, 1.807) is 19.9 Å². The van der Waals surface area contributed by atoms with Crippen LogP contribution >= 0.6 is 11.8 Å². The van der Waals surface area contributed by atoms with Crippen molar-refractivity contribution in [3.8, 4) is 0 Å². The van der Waals surface area contributed by atoms with Crippen LogP contribution in [0.1, 0.15) is 24.1 Å². The molecule has 0 unspecified atom stereocenters. The molecule has 2 N–H and O–H groups in total. The quantitative estimate of drug-likeness (QED) is 0.897. The van der Waals surface area contributed by atoms with E-state index in [9.17, 15) is 13.2 Å². The van der Waals surface area contributed by atoms with Gasteiger partial charge in [0.2, 0.25) is 0 Å². The molecule has 106 valence electrons. The van der Waals surface area contributed by atoms with Gasteiger partial charge in [0, 0.05) is 21.9 Å². The van der Waals surface area contributed by atoms with Crippen molar-refractivity contribution >= 4 is 11.8 Å². The minimum Gasteiger partial charge on any atom is -0.324 e. The molecule has 0 saturated carbocycles. The summed E-state index contributed by atoms with van der Waals surface area (Å²) in [5.41, 5.74) is 6.87. The van der Waals surface area contributed by atoms with Crippen LogP contribution in [0.25, 0.3) is 0 Å². The molecule has 0 amide bonds. The van der Waals surface area contributed by atoms with Crippen molar-refractivity contribution in [3.63, 3.8) is 0 Å². The van der Waals surface area contributed by atoms with Gasteiger partial charge in [-0.15, -0.1) is 0 Å². The number of hydrogen-bond donors (Lipinski definition) is 1. The molecule has 0 radical (unpaired) electrons. The molecular formula is C15H14F3NS. The lowest BCUT2D eigenvalue weighted by Crippen LogP contribution is -2.07. The Bertz CT molecular complexity index is 641. The highest BCUT2D eigenvalue weighted by molar-refractivity contribution is 7.99. The first-order valence-corrected chi connectivity index (χ1v) is 6.88. The van der Waals surface area contributed by atoms with Gasteiger partial charge in [-0.3, -0.25) is 0 Å². The van der Waals surface area contributed by atoms with Gasteiger partial charge in [-0.05, 0) is 49.2 Å². The number of hydrogen-bond acceptors (Lipinski definition) is 2. The lowest BCUT2D eigenvalue weighted by atomic mass is 10.1. The average Bonchev–Trinajstić information content (AvgIpc) is 2.36. The normalized spacial score (nSPS) is 12.5. The SMILES string of the molecule is Cc1cc(Sc2ccc(F)cc2F)c([C@@H](C)N)cc1F. The van der Waals surface area contributed by atoms with E-state index in [-0.39, 0.29) is 16.8 Å². The number of halogens is 3. The summed E-state index contributed by atoms with van der Waals surface area (Å²) in [6, 6.07) is 5.98. The van der Waals surface area contributed by atoms with Gasteiger partial charge in [0.05, 0.1) is 0 Å². The topological polar surface area (TPSA) is 26.0 Å². The maximum atomic E-state index is 13.7. The average molecular weight is 297 g/mol. The number of benzene rings is 2. The third-order valence-corrected chi connectivity index (χ3v) is 4.02. The fourth-order valence-corrected chi connectivity index (χ4v) is 2.92. The zero-order chi connectivity index (χ0) is 14.9. The van der Waals surface area contributed by atoms with Crippen LogP contribution in [-0.2, 0) is 0 Å². The van der Waals surface area contributed by atoms with E-state index in [2.05, 4.69) is 0 Å². The Labute approximate surface area is 120 Å². The fourth-order valence-electron chi connectivity index (χ4n) is 1.79. The number of aryl methyl sites for hydroxylation is 1. The van der Waals surface area contributed by atoms with Gasteiger partial charge in [-0.1, -0.05) is 11.8 Å². The van der Waals surface area contributed by atoms with Gasteiger partial charge in [0.15, 0.2) is 0 Å². The molecule has 5 heteroatoms. The maximum Gasteiger partial charge on any atom is 0.140 e. The van der Waals surface area contributed by atoms with Crippen molar-refractivity contribution in [1.29, 1.82) is 0 Å². The highest BCUT2D eigenvalue weighted by Crippen LogP contribution is 2.35. The molecule has 0 aliphatic carbocycles. The summed E-state index contributed by atoms with van der Waals surface area (Å²) >= 11 is 1.11. The van der Waals surface area contributed by atoms with Crippen molar-refractivity contribution in [3.05, 3.63) is 58.9 Å². The molecule has 0 fully saturated rings. The Balaban J connectivity index is 2.44. The smallest absolute Gasteiger partial charge is 0.140 e. The second kappa shape index (κ2) is 5.89. The maximum absolute atomic E-state index is 13.7. The molecule has 0 heterocycles. The van der Waals surface area contributed by atoms with Crippen LogP contribution in [0.2, 0.25) is 0 Å². The van der Waals surface area contributed by atoms with Crippen molar-refractivity contribution in [2.75, 3.05) is 0 Å². The van der Waals surface area contributed by atoms with Crippen LogP contribution in [0.15, 0.2) is 40.1 Å². The first-order valence-electron chi connectivity index (χ1n) is 6.07. The lowest BCUT2D eigenvalue weighted by Gasteiger charge is -2.14. The van der Waals surface area contributed by atoms with Gasteiger partial charge in [-0.2, -0.15) is 0 Å². The molecule has 1 atom stereocenters. The Morgan fingerprint density at radius 3 is 2.30 bits per heavy atom. The summed E-state index contributed by atoms with van der Waals surface area (Å²) in [6.45, 7) is 3.36. The summed E-state index contributed by atoms with van der Waals surface area (Å²) in [4.78, 5) is 0.948. The first-order chi connectivity index (χ1) is 9.38. The van der Waals surface area contributed by atoms with Crippen LogP contribution in [-0.4, -0.2) is 0 Å². The van der Waals surface area contributed by atoms with Crippen LogP contribution in [0, 0.1) is 24.4 Å². The summed E-state index contributed by atoms with van der Waals surface area (Å²) in [6.07, 6.45) is 0. The monoisotopic (exact) mass is 297 g/mol. The van der Waals surface area contributed by atoms with Crippen molar-refractivity contribution in [2.24, 2.45) is 5.73 Å². The van der Waals surface area contributed by atoms with Gasteiger partial charge in [-0.25, -0.2) is 13.2 Å². The van der Waals surface area contributed by atoms with Crippen molar-refractivity contribution < 1.29 is 13.2 Å². The largest absolute Gasteiger partial charge is 0.324 e. The molecule has 1 nitrogen and oxygen atoms in total. The van der Waals surface area contributed by atoms with Gasteiger partial charge >= 0.3 is 0 Å². The number of nitrogens with two attached hydrogens (primary N) is 1. The Morgan fingerprint density at radius 1 is 1.00 bits per heavy atom. The third kappa shape index (κ3) is 3.16. The minimum atomic E-state index is -0.646. The standard InChI is InChI=1S/C15H14F3NS/c1-8-5-15(11(9(2)19)7-12(8)17)20-14-4-3-10(16)6-13(14)18/h3-7,9H,19H2,1-2H3/t9-/m1/s1. The second-order valence-corrected chi connectivity index (χ2v) is 5.69. The van der Waals surface area contributed by atoms with E-state index in [0.717, 1.165) is 17.8 Å². The zero-order valence-electron chi connectivity index (χ0n) is 11.1. The van der Waals surface area contributed by atoms with E-state index in [0.29, 0.717) is 16.0 Å². The van der Waals surface area contributed by atoms with Gasteiger partial charge < -0.3 is 5.73 Å². The predicted octanol–water partition coefficient (Wildman–Crippen LogP) is 4.58. The van der Waals surface area contributed by atoms with E-state index in [4.69, 9.17) is 5.73 Å². The Kier molecular flexibility index (Phi) is 4.40. The van der Waals surface area contributed by atoms with Crippen molar-refractivity contribution in [2.45, 2.75) is 29.7 Å². The molecule has 0 bridgehead atoms. The van der Waals surface area contributed by atoms with E-state index in [1.165, 1.54) is 18.2 Å². The van der Waals surface area contributed by atoms with E-state index < -0.39 is 11.6 Å². The molecule has 2 aromatic carbocycles. The first kappa shape index (κ1) is 14.9. The van der Waals surface area contributed by atoms with E-state index >= 15 is 0 Å². The molecule has 0 aliphatic rings. The summed E-state index contributed by atoms with van der Waals surface area (Å²) in [5.74, 6) is -1.62. The van der Waals surface area contributed by atoms with Crippen LogP contribution in [0.3, 0.4) is 0 Å². The molecule has 0 spiro atoms. The summed E-state index contributed by atoms with van der Waals surface area (Å²) in [7, 11) is 0. The third-order valence-electron chi connectivity index (χ3n) is 2.90. The van der Waals surface area contributed by atoms with Crippen LogP contribution in [0.5, 0.6) is 0 Å². The number of rotatable bonds is 3. The highest BCUT2D eigenvalue weighted by atomic mass is 32.2. The minimum absolute atomic E-state index is 0.277. The predicted molar refractivity (Wildman–Crippen MR) is 74.2 cm³/mol. The molecule has 0 aliphatic heterocycles. The molecule has 0 saturated heterocycles. The van der Waals surface area contributed by atoms with Crippen molar-refractivity contribution in [1.82, 2.24) is 0 Å². The highest BCUT2D eigenvalue weighted by Gasteiger charge is 2.14. The molecule has 2 rings (SSSR count). The Hall–Kier alpha value is -1.46. The molecule has 2 aromatic rings. The summed E-state index contributed by atoms with van der Waals surface area (Å²) in [5, 5.41) is 0. The molecule has 0 aromatic heterocycles. The fraction of sp³-hybridized carbons (Fsp3) is 0.200. The lowest BCUT2D eigenvalue weighted by molar-refractivity contribution is 0.565. The second-order valence-electron chi connectivity index (χ2n) is 4.60. The van der Waals surface area contributed by atoms with Gasteiger partial charge in [0.25, 0.3) is 0 Å². The van der Waals surface area contributed by atoms with Gasteiger partial charge in [0.1, 0.15) is 17.5 Å². The Morgan fingerprint density at radius 2 is 1.70 bits per heavy atom. The zero-order valence-corrected chi connectivity index (χ0v) is 11.9.